The van der Waals surface area contributed by atoms with Crippen molar-refractivity contribution < 1.29 is 18.7 Å². The molecule has 0 bridgehead atoms. The second kappa shape index (κ2) is 5.67. The Morgan fingerprint density at radius 2 is 2.07 bits per heavy atom. The Hall–Kier alpha value is -2.00. The van der Waals surface area contributed by atoms with Crippen LogP contribution in [0.2, 0.25) is 0 Å². The summed E-state index contributed by atoms with van der Waals surface area (Å²) >= 11 is 0. The molecule has 4 nitrogen and oxygen atoms in total. The Labute approximate surface area is 85.4 Å². The molecule has 0 aromatic heterocycles. The summed E-state index contributed by atoms with van der Waals surface area (Å²) in [5.41, 5.74) is 0.256. The zero-order chi connectivity index (χ0) is 11.1. The summed E-state index contributed by atoms with van der Waals surface area (Å²) in [6, 6.07) is 4.97. The fourth-order valence-corrected chi connectivity index (χ4v) is 0.899. The van der Waals surface area contributed by atoms with E-state index in [9.17, 15) is 14.0 Å². The number of halogens is 1. The third kappa shape index (κ3) is 3.70. The summed E-state index contributed by atoms with van der Waals surface area (Å²) < 4.78 is 17.2. The van der Waals surface area contributed by atoms with Gasteiger partial charge >= 0.3 is 5.97 Å². The number of rotatable bonds is 4. The normalized spacial score (nSPS) is 9.13. The predicted octanol–water partition coefficient (Wildman–Crippen LogP) is 1.32. The highest BCUT2D eigenvalue weighted by atomic mass is 19.1. The van der Waals surface area contributed by atoms with E-state index in [-0.39, 0.29) is 18.7 Å². The first-order valence-electron chi connectivity index (χ1n) is 4.20. The van der Waals surface area contributed by atoms with E-state index in [2.05, 4.69) is 4.99 Å². The molecule has 15 heavy (non-hydrogen) atoms. The van der Waals surface area contributed by atoms with Gasteiger partial charge in [-0.15, -0.1) is 0 Å². The van der Waals surface area contributed by atoms with Crippen LogP contribution in [-0.4, -0.2) is 25.2 Å². The number of hydrogen-bond acceptors (Lipinski definition) is 4. The van der Waals surface area contributed by atoms with Crippen LogP contribution in [0.4, 0.5) is 4.39 Å². The number of carbonyl (C=O) groups is 1. The molecule has 0 heterocycles. The van der Waals surface area contributed by atoms with E-state index >= 15 is 0 Å². The van der Waals surface area contributed by atoms with Crippen LogP contribution in [0.25, 0.3) is 0 Å². The molecular formula is C10H8FNO3. The summed E-state index contributed by atoms with van der Waals surface area (Å²) in [6.45, 7) is 0.0852. The van der Waals surface area contributed by atoms with Crippen LogP contribution in [0.3, 0.4) is 0 Å². The van der Waals surface area contributed by atoms with Gasteiger partial charge in [-0.3, -0.25) is 0 Å². The van der Waals surface area contributed by atoms with Gasteiger partial charge in [0.25, 0.3) is 0 Å². The van der Waals surface area contributed by atoms with Crippen molar-refractivity contribution in [2.75, 3.05) is 13.2 Å². The van der Waals surface area contributed by atoms with Crippen molar-refractivity contribution in [3.8, 4) is 0 Å². The van der Waals surface area contributed by atoms with Gasteiger partial charge in [-0.25, -0.2) is 19.0 Å². The van der Waals surface area contributed by atoms with Gasteiger partial charge in [0.2, 0.25) is 6.08 Å². The molecule has 0 aliphatic carbocycles. The molecular weight excluding hydrogens is 201 g/mol. The Morgan fingerprint density at radius 1 is 1.40 bits per heavy atom. The lowest BCUT2D eigenvalue weighted by Crippen LogP contribution is -2.08. The molecule has 78 valence electrons. The first-order chi connectivity index (χ1) is 7.24. The molecule has 0 saturated heterocycles. The van der Waals surface area contributed by atoms with Crippen LogP contribution < -0.4 is 0 Å². The standard InChI is InChI=1S/C10H8FNO3/c11-9-3-1-8(2-4-9)10(14)15-6-5-12-7-13/h1-4H,5-6H2. The average molecular weight is 209 g/mol. The molecule has 0 saturated carbocycles. The second-order valence-electron chi connectivity index (χ2n) is 2.62. The fraction of sp³-hybridized carbons (Fsp3) is 0.200. The monoisotopic (exact) mass is 209 g/mol. The molecule has 0 spiro atoms. The Bertz CT molecular complexity index is 382. The molecule has 0 unspecified atom stereocenters. The van der Waals surface area contributed by atoms with Crippen LogP contribution in [0, 0.1) is 5.82 Å². The topological polar surface area (TPSA) is 55.7 Å². The van der Waals surface area contributed by atoms with Crippen LogP contribution in [0.5, 0.6) is 0 Å². The van der Waals surface area contributed by atoms with Gasteiger partial charge in [0.15, 0.2) is 0 Å². The number of aliphatic imine (C=N–C) groups is 1. The molecule has 5 heteroatoms. The highest BCUT2D eigenvalue weighted by molar-refractivity contribution is 5.89. The van der Waals surface area contributed by atoms with E-state index in [1.165, 1.54) is 30.3 Å². The van der Waals surface area contributed by atoms with Crippen molar-refractivity contribution in [2.45, 2.75) is 0 Å². The molecule has 1 rings (SSSR count). The number of nitrogens with zero attached hydrogens (tertiary/aromatic N) is 1. The van der Waals surface area contributed by atoms with Crippen molar-refractivity contribution in [3.63, 3.8) is 0 Å². The van der Waals surface area contributed by atoms with Crippen molar-refractivity contribution in [1.29, 1.82) is 0 Å². The van der Waals surface area contributed by atoms with Gasteiger partial charge in [0.1, 0.15) is 12.4 Å². The van der Waals surface area contributed by atoms with E-state index in [0.717, 1.165) is 0 Å². The zero-order valence-corrected chi connectivity index (χ0v) is 7.77. The predicted molar refractivity (Wildman–Crippen MR) is 49.7 cm³/mol. The molecule has 0 aliphatic rings. The van der Waals surface area contributed by atoms with Gasteiger partial charge in [-0.05, 0) is 24.3 Å². The maximum atomic E-state index is 12.5. The zero-order valence-electron chi connectivity index (χ0n) is 7.77. The molecule has 0 N–H and O–H groups in total. The van der Waals surface area contributed by atoms with Gasteiger partial charge in [-0.2, -0.15) is 0 Å². The maximum absolute atomic E-state index is 12.5. The van der Waals surface area contributed by atoms with Crippen molar-refractivity contribution in [3.05, 3.63) is 35.6 Å². The number of esters is 1. The molecule has 0 radical (unpaired) electrons. The lowest BCUT2D eigenvalue weighted by Gasteiger charge is -2.01. The first-order valence-corrected chi connectivity index (χ1v) is 4.20. The third-order valence-corrected chi connectivity index (χ3v) is 1.58. The minimum absolute atomic E-state index is 0.00541. The van der Waals surface area contributed by atoms with E-state index in [1.807, 2.05) is 0 Å². The summed E-state index contributed by atoms with van der Waals surface area (Å²) in [7, 11) is 0. The third-order valence-electron chi connectivity index (χ3n) is 1.58. The number of benzene rings is 1. The lowest BCUT2D eigenvalue weighted by molar-refractivity contribution is 0.0517. The maximum Gasteiger partial charge on any atom is 0.338 e. The fourth-order valence-electron chi connectivity index (χ4n) is 0.899. The molecule has 1 aromatic rings. The van der Waals surface area contributed by atoms with Crippen LogP contribution in [-0.2, 0) is 9.53 Å². The quantitative estimate of drug-likeness (QED) is 0.325. The second-order valence-corrected chi connectivity index (χ2v) is 2.62. The van der Waals surface area contributed by atoms with E-state index in [1.54, 1.807) is 0 Å². The van der Waals surface area contributed by atoms with Gasteiger partial charge in [0.05, 0.1) is 12.1 Å². The van der Waals surface area contributed by atoms with Crippen LogP contribution >= 0.6 is 0 Å². The summed E-state index contributed by atoms with van der Waals surface area (Å²) in [4.78, 5) is 24.1. The smallest absolute Gasteiger partial charge is 0.338 e. The molecule has 1 aromatic carbocycles. The number of ether oxygens (including phenoxy) is 1. The van der Waals surface area contributed by atoms with Gasteiger partial charge in [-0.1, -0.05) is 0 Å². The molecule has 0 amide bonds. The SMILES string of the molecule is O=C=NCCOC(=O)c1ccc(F)cc1. The first kappa shape index (κ1) is 11.1. The minimum Gasteiger partial charge on any atom is -0.460 e. The number of carbonyl (C=O) groups excluding carboxylic acids is 2. The van der Waals surface area contributed by atoms with Crippen LogP contribution in [0.1, 0.15) is 10.4 Å². The van der Waals surface area contributed by atoms with Crippen molar-refractivity contribution in [1.82, 2.24) is 0 Å². The lowest BCUT2D eigenvalue weighted by atomic mass is 10.2. The highest BCUT2D eigenvalue weighted by Gasteiger charge is 2.05. The highest BCUT2D eigenvalue weighted by Crippen LogP contribution is 2.04. The Balaban J connectivity index is 2.46. The van der Waals surface area contributed by atoms with Crippen molar-refractivity contribution >= 4 is 12.0 Å². The summed E-state index contributed by atoms with van der Waals surface area (Å²) in [5.74, 6) is -0.992. The van der Waals surface area contributed by atoms with Crippen LogP contribution in [0.15, 0.2) is 29.3 Å². The van der Waals surface area contributed by atoms with E-state index in [0.29, 0.717) is 0 Å². The summed E-state index contributed by atoms with van der Waals surface area (Å²) in [5, 5.41) is 0. The Kier molecular flexibility index (Phi) is 4.19. The average Bonchev–Trinajstić information content (AvgIpc) is 2.25. The number of hydrogen-bond donors (Lipinski definition) is 0. The minimum atomic E-state index is -0.573. The van der Waals surface area contributed by atoms with E-state index < -0.39 is 11.8 Å². The summed E-state index contributed by atoms with van der Waals surface area (Å²) in [6.07, 6.45) is 1.32. The Morgan fingerprint density at radius 3 is 2.67 bits per heavy atom. The molecule has 0 atom stereocenters. The molecule has 0 aliphatic heterocycles. The largest absolute Gasteiger partial charge is 0.460 e. The van der Waals surface area contributed by atoms with E-state index in [4.69, 9.17) is 4.74 Å². The van der Waals surface area contributed by atoms with Gasteiger partial charge in [0, 0.05) is 0 Å². The van der Waals surface area contributed by atoms with Crippen molar-refractivity contribution in [2.24, 2.45) is 4.99 Å². The number of isocyanates is 1. The molecule has 0 fully saturated rings. The van der Waals surface area contributed by atoms with Gasteiger partial charge < -0.3 is 4.74 Å².